The van der Waals surface area contributed by atoms with Crippen LogP contribution in [0.25, 0.3) is 0 Å². The minimum atomic E-state index is -4.47. The molecule has 0 radical (unpaired) electrons. The number of carbonyl (C=O) groups excluding carboxylic acids is 1. The average molecular weight is 379 g/mol. The molecule has 2 heterocycles. The summed E-state index contributed by atoms with van der Waals surface area (Å²) in [6.45, 7) is 6.32. The highest BCUT2D eigenvalue weighted by Gasteiger charge is 2.32. The molecule has 5 nitrogen and oxygen atoms in total. The Morgan fingerprint density at radius 1 is 1.32 bits per heavy atom. The van der Waals surface area contributed by atoms with Crippen LogP contribution >= 0.6 is 11.6 Å². The Morgan fingerprint density at radius 3 is 2.40 bits per heavy atom. The van der Waals surface area contributed by atoms with Crippen LogP contribution in [0, 0.1) is 0 Å². The quantitative estimate of drug-likeness (QED) is 0.807. The van der Waals surface area contributed by atoms with E-state index in [2.05, 4.69) is 4.98 Å². The van der Waals surface area contributed by atoms with Crippen molar-refractivity contribution >= 4 is 23.3 Å². The smallest absolute Gasteiger partial charge is 0.352 e. The molecule has 1 aromatic rings. The summed E-state index contributed by atoms with van der Waals surface area (Å²) in [5, 5.41) is -0.0332. The molecule has 0 saturated carbocycles. The van der Waals surface area contributed by atoms with Gasteiger partial charge in [-0.15, -0.1) is 0 Å². The number of hydrogen-bond donors (Lipinski definition) is 0. The standard InChI is InChI=1S/C16H22ClF3N4O/c1-11(2)22(3)10-14(25)23-4-6-24(7-5-23)15-13(17)8-12(9-21-15)16(18,19)20/h8-9,11H,4-7,10H2,1-3H3. The van der Waals surface area contributed by atoms with Crippen molar-refractivity contribution < 1.29 is 18.0 Å². The Labute approximate surface area is 150 Å². The Kier molecular flexibility index (Phi) is 6.16. The van der Waals surface area contributed by atoms with Crippen LogP contribution in [0.3, 0.4) is 0 Å². The van der Waals surface area contributed by atoms with E-state index in [9.17, 15) is 18.0 Å². The zero-order chi connectivity index (χ0) is 18.8. The van der Waals surface area contributed by atoms with E-state index in [1.807, 2.05) is 25.8 Å². The van der Waals surface area contributed by atoms with Gasteiger partial charge in [-0.05, 0) is 27.0 Å². The lowest BCUT2D eigenvalue weighted by Gasteiger charge is -2.36. The molecule has 1 saturated heterocycles. The minimum absolute atomic E-state index is 0.0332. The monoisotopic (exact) mass is 378 g/mol. The highest BCUT2D eigenvalue weighted by Crippen LogP contribution is 2.33. The molecule has 0 spiro atoms. The third-order valence-corrected chi connectivity index (χ3v) is 4.63. The van der Waals surface area contributed by atoms with Gasteiger partial charge in [0.25, 0.3) is 0 Å². The predicted molar refractivity (Wildman–Crippen MR) is 90.8 cm³/mol. The van der Waals surface area contributed by atoms with Crippen molar-refractivity contribution in [3.8, 4) is 0 Å². The van der Waals surface area contributed by atoms with E-state index in [0.29, 0.717) is 38.5 Å². The Hall–Kier alpha value is -1.54. The lowest BCUT2D eigenvalue weighted by Crippen LogP contribution is -2.51. The summed E-state index contributed by atoms with van der Waals surface area (Å²) in [5.74, 6) is 0.364. The summed E-state index contributed by atoms with van der Waals surface area (Å²) >= 11 is 5.98. The molecule has 1 amide bonds. The zero-order valence-electron chi connectivity index (χ0n) is 14.5. The second kappa shape index (κ2) is 7.78. The number of hydrogen-bond acceptors (Lipinski definition) is 4. The molecule has 0 aromatic carbocycles. The number of piperazine rings is 1. The van der Waals surface area contributed by atoms with E-state index in [0.717, 1.165) is 12.3 Å². The van der Waals surface area contributed by atoms with Gasteiger partial charge < -0.3 is 9.80 Å². The summed E-state index contributed by atoms with van der Waals surface area (Å²) in [4.78, 5) is 21.7. The Balaban J connectivity index is 1.97. The fourth-order valence-corrected chi connectivity index (χ4v) is 2.77. The molecule has 0 N–H and O–H groups in total. The van der Waals surface area contributed by atoms with Gasteiger partial charge in [-0.2, -0.15) is 13.2 Å². The first-order chi connectivity index (χ1) is 11.6. The summed E-state index contributed by atoms with van der Waals surface area (Å²) < 4.78 is 38.0. The number of halogens is 4. The summed E-state index contributed by atoms with van der Waals surface area (Å²) in [6.07, 6.45) is -3.68. The predicted octanol–water partition coefficient (Wildman–Crippen LogP) is 2.74. The lowest BCUT2D eigenvalue weighted by atomic mass is 10.2. The summed E-state index contributed by atoms with van der Waals surface area (Å²) in [5.41, 5.74) is -0.869. The van der Waals surface area contributed by atoms with Crippen LogP contribution in [-0.4, -0.2) is 66.5 Å². The maximum Gasteiger partial charge on any atom is 0.417 e. The first kappa shape index (κ1) is 19.8. The van der Waals surface area contributed by atoms with Gasteiger partial charge >= 0.3 is 6.18 Å². The molecule has 9 heteroatoms. The number of likely N-dealkylation sites (N-methyl/N-ethyl adjacent to an activating group) is 1. The second-order valence-corrected chi connectivity index (χ2v) is 6.81. The van der Waals surface area contributed by atoms with E-state index >= 15 is 0 Å². The third kappa shape index (κ3) is 4.98. The molecule has 25 heavy (non-hydrogen) atoms. The van der Waals surface area contributed by atoms with Gasteiger partial charge in [0, 0.05) is 38.4 Å². The van der Waals surface area contributed by atoms with Crippen molar-refractivity contribution in [3.63, 3.8) is 0 Å². The third-order valence-electron chi connectivity index (χ3n) is 4.35. The van der Waals surface area contributed by atoms with Crippen molar-refractivity contribution in [2.75, 3.05) is 44.7 Å². The van der Waals surface area contributed by atoms with Gasteiger partial charge in [-0.3, -0.25) is 9.69 Å². The van der Waals surface area contributed by atoms with Gasteiger partial charge in [0.15, 0.2) is 0 Å². The summed E-state index contributed by atoms with van der Waals surface area (Å²) in [7, 11) is 1.89. The van der Waals surface area contributed by atoms with Crippen molar-refractivity contribution in [1.82, 2.24) is 14.8 Å². The molecule has 1 aliphatic heterocycles. The molecule has 0 unspecified atom stereocenters. The largest absolute Gasteiger partial charge is 0.417 e. The topological polar surface area (TPSA) is 39.7 Å². The second-order valence-electron chi connectivity index (χ2n) is 6.40. The van der Waals surface area contributed by atoms with Crippen LogP contribution in [0.2, 0.25) is 5.02 Å². The maximum absolute atomic E-state index is 12.7. The molecule has 0 atom stereocenters. The highest BCUT2D eigenvalue weighted by molar-refractivity contribution is 6.33. The zero-order valence-corrected chi connectivity index (χ0v) is 15.2. The number of anilines is 1. The van der Waals surface area contributed by atoms with E-state index in [-0.39, 0.29) is 17.0 Å². The average Bonchev–Trinajstić information content (AvgIpc) is 2.54. The molecule has 140 valence electrons. The van der Waals surface area contributed by atoms with E-state index < -0.39 is 11.7 Å². The van der Waals surface area contributed by atoms with Crippen LogP contribution in [0.1, 0.15) is 19.4 Å². The molecule has 1 fully saturated rings. The van der Waals surface area contributed by atoms with Crippen LogP contribution < -0.4 is 4.90 Å². The van der Waals surface area contributed by atoms with Crippen LogP contribution in [-0.2, 0) is 11.0 Å². The fourth-order valence-electron chi connectivity index (χ4n) is 2.48. The van der Waals surface area contributed by atoms with E-state index in [4.69, 9.17) is 11.6 Å². The Bertz CT molecular complexity index is 616. The highest BCUT2D eigenvalue weighted by atomic mass is 35.5. The number of pyridine rings is 1. The van der Waals surface area contributed by atoms with Crippen molar-refractivity contribution in [1.29, 1.82) is 0 Å². The Morgan fingerprint density at radius 2 is 1.92 bits per heavy atom. The number of nitrogens with zero attached hydrogens (tertiary/aromatic N) is 4. The van der Waals surface area contributed by atoms with Gasteiger partial charge in [0.2, 0.25) is 5.91 Å². The maximum atomic E-state index is 12.7. The first-order valence-corrected chi connectivity index (χ1v) is 8.43. The van der Waals surface area contributed by atoms with Crippen molar-refractivity contribution in [3.05, 3.63) is 22.8 Å². The molecule has 0 bridgehead atoms. The normalized spacial score (nSPS) is 16.0. The number of amides is 1. The SMILES string of the molecule is CC(C)N(C)CC(=O)N1CCN(c2ncc(C(F)(F)F)cc2Cl)CC1. The van der Waals surface area contributed by atoms with Crippen LogP contribution in [0.15, 0.2) is 12.3 Å². The molecule has 1 aliphatic rings. The molecule has 2 rings (SSSR count). The lowest BCUT2D eigenvalue weighted by molar-refractivity contribution is -0.138. The van der Waals surface area contributed by atoms with E-state index in [1.54, 1.807) is 9.80 Å². The fraction of sp³-hybridized carbons (Fsp3) is 0.625. The first-order valence-electron chi connectivity index (χ1n) is 8.05. The number of carbonyl (C=O) groups is 1. The van der Waals surface area contributed by atoms with Crippen LogP contribution in [0.5, 0.6) is 0 Å². The minimum Gasteiger partial charge on any atom is -0.352 e. The van der Waals surface area contributed by atoms with Crippen molar-refractivity contribution in [2.45, 2.75) is 26.1 Å². The number of alkyl halides is 3. The van der Waals surface area contributed by atoms with Crippen LogP contribution in [0.4, 0.5) is 19.0 Å². The summed E-state index contributed by atoms with van der Waals surface area (Å²) in [6, 6.07) is 1.17. The van der Waals surface area contributed by atoms with Gasteiger partial charge in [-0.25, -0.2) is 4.98 Å². The molecular formula is C16H22ClF3N4O. The van der Waals surface area contributed by atoms with Gasteiger partial charge in [0.05, 0.1) is 17.1 Å². The molecule has 1 aromatic heterocycles. The van der Waals surface area contributed by atoms with E-state index in [1.165, 1.54) is 0 Å². The number of aromatic nitrogens is 1. The molecule has 0 aliphatic carbocycles. The van der Waals surface area contributed by atoms with Gasteiger partial charge in [0.1, 0.15) is 5.82 Å². The number of rotatable bonds is 4. The molecular weight excluding hydrogens is 357 g/mol. The van der Waals surface area contributed by atoms with Gasteiger partial charge in [-0.1, -0.05) is 11.6 Å². The van der Waals surface area contributed by atoms with Crippen molar-refractivity contribution in [2.24, 2.45) is 0 Å².